The van der Waals surface area contributed by atoms with E-state index < -0.39 is 0 Å². The topological polar surface area (TPSA) is 96.8 Å². The number of benzene rings is 2. The SMILES string of the molecule is C=C/C=C(\C=C)OCC(=O)c1ccc(OCCOc2ccc(N)cc2N)cc1. The summed E-state index contributed by atoms with van der Waals surface area (Å²) in [6.45, 7) is 7.76. The molecular weight excluding hydrogens is 356 g/mol. The smallest absolute Gasteiger partial charge is 0.200 e. The molecule has 0 atom stereocenters. The van der Waals surface area contributed by atoms with Crippen molar-refractivity contribution in [2.75, 3.05) is 31.3 Å². The Morgan fingerprint density at radius 2 is 1.71 bits per heavy atom. The van der Waals surface area contributed by atoms with Crippen LogP contribution in [-0.4, -0.2) is 25.6 Å². The van der Waals surface area contributed by atoms with Gasteiger partial charge in [-0.3, -0.25) is 4.79 Å². The van der Waals surface area contributed by atoms with E-state index in [-0.39, 0.29) is 12.4 Å². The summed E-state index contributed by atoms with van der Waals surface area (Å²) in [6.07, 6.45) is 4.72. The molecule has 28 heavy (non-hydrogen) atoms. The number of hydrogen-bond acceptors (Lipinski definition) is 6. The molecule has 0 heterocycles. The van der Waals surface area contributed by atoms with Crippen LogP contribution in [0, 0.1) is 0 Å². The molecule has 0 aliphatic carbocycles. The quantitative estimate of drug-likeness (QED) is 0.203. The molecule has 6 nitrogen and oxygen atoms in total. The van der Waals surface area contributed by atoms with E-state index in [1.807, 2.05) is 0 Å². The fraction of sp³-hybridized carbons (Fsp3) is 0.136. The van der Waals surface area contributed by atoms with E-state index in [1.54, 1.807) is 54.6 Å². The third-order valence-electron chi connectivity index (χ3n) is 3.67. The summed E-state index contributed by atoms with van der Waals surface area (Å²) >= 11 is 0. The molecule has 0 aromatic heterocycles. The van der Waals surface area contributed by atoms with Crippen LogP contribution in [0.2, 0.25) is 0 Å². The van der Waals surface area contributed by atoms with Crippen molar-refractivity contribution in [2.45, 2.75) is 0 Å². The van der Waals surface area contributed by atoms with Gasteiger partial charge in [-0.15, -0.1) is 0 Å². The van der Waals surface area contributed by atoms with E-state index in [4.69, 9.17) is 25.7 Å². The molecule has 2 aromatic carbocycles. The molecule has 0 fully saturated rings. The first-order chi connectivity index (χ1) is 13.5. The summed E-state index contributed by atoms with van der Waals surface area (Å²) in [5, 5.41) is 0. The average molecular weight is 380 g/mol. The van der Waals surface area contributed by atoms with Gasteiger partial charge in [0, 0.05) is 11.3 Å². The van der Waals surface area contributed by atoms with Gasteiger partial charge in [0.05, 0.1) is 5.69 Å². The molecular formula is C22H24N2O4. The maximum Gasteiger partial charge on any atom is 0.200 e. The first kappa shape index (κ1) is 20.6. The van der Waals surface area contributed by atoms with Gasteiger partial charge in [0.15, 0.2) is 12.4 Å². The second-order valence-electron chi connectivity index (χ2n) is 5.74. The molecule has 0 amide bonds. The van der Waals surface area contributed by atoms with Gasteiger partial charge in [-0.1, -0.05) is 19.2 Å². The Bertz CT molecular complexity index is 857. The third kappa shape index (κ3) is 6.25. The van der Waals surface area contributed by atoms with Crippen molar-refractivity contribution in [3.8, 4) is 11.5 Å². The number of hydrogen-bond donors (Lipinski definition) is 2. The van der Waals surface area contributed by atoms with Crippen molar-refractivity contribution < 1.29 is 19.0 Å². The van der Waals surface area contributed by atoms with Gasteiger partial charge in [0.2, 0.25) is 0 Å². The lowest BCUT2D eigenvalue weighted by molar-refractivity contribution is 0.0871. The number of allylic oxidation sites excluding steroid dienone is 3. The highest BCUT2D eigenvalue weighted by atomic mass is 16.5. The second kappa shape index (κ2) is 10.5. The normalized spacial score (nSPS) is 10.8. The largest absolute Gasteiger partial charge is 0.490 e. The predicted octanol–water partition coefficient (Wildman–Crippen LogP) is 3.76. The fourth-order valence-electron chi connectivity index (χ4n) is 2.27. The zero-order chi connectivity index (χ0) is 20.4. The van der Waals surface area contributed by atoms with E-state index in [1.165, 1.54) is 6.08 Å². The standard InChI is InChI=1S/C22H24N2O4/c1-3-5-18(4-2)28-15-21(25)16-6-9-19(10-7-16)26-12-13-27-22-11-8-17(23)14-20(22)24/h3-11,14H,1-2,12-13,15,23-24H2/b18-5+. The first-order valence-corrected chi connectivity index (χ1v) is 8.65. The molecule has 0 saturated carbocycles. The third-order valence-corrected chi connectivity index (χ3v) is 3.67. The fourth-order valence-corrected chi connectivity index (χ4v) is 2.27. The highest BCUT2D eigenvalue weighted by Crippen LogP contribution is 2.23. The zero-order valence-electron chi connectivity index (χ0n) is 15.6. The summed E-state index contributed by atoms with van der Waals surface area (Å²) in [6, 6.07) is 11.9. The number of nitrogen functional groups attached to an aromatic ring is 2. The van der Waals surface area contributed by atoms with E-state index in [2.05, 4.69) is 13.2 Å². The Hall–Kier alpha value is -3.67. The number of carbonyl (C=O) groups excluding carboxylic acids is 1. The van der Waals surface area contributed by atoms with Crippen molar-refractivity contribution in [1.29, 1.82) is 0 Å². The zero-order valence-corrected chi connectivity index (χ0v) is 15.6. The molecule has 2 rings (SSSR count). The summed E-state index contributed by atoms with van der Waals surface area (Å²) in [5.41, 5.74) is 13.1. The monoisotopic (exact) mass is 380 g/mol. The number of rotatable bonds is 11. The van der Waals surface area contributed by atoms with Crippen molar-refractivity contribution >= 4 is 17.2 Å². The lowest BCUT2D eigenvalue weighted by Gasteiger charge is -2.11. The molecule has 0 aliphatic rings. The molecule has 0 unspecified atom stereocenters. The Morgan fingerprint density at radius 3 is 2.36 bits per heavy atom. The molecule has 0 bridgehead atoms. The molecule has 6 heteroatoms. The molecule has 146 valence electrons. The summed E-state index contributed by atoms with van der Waals surface area (Å²) in [7, 11) is 0. The van der Waals surface area contributed by atoms with E-state index in [0.717, 1.165) is 0 Å². The average Bonchev–Trinajstić information content (AvgIpc) is 2.70. The Labute approximate surface area is 164 Å². The van der Waals surface area contributed by atoms with Crippen molar-refractivity contribution in [2.24, 2.45) is 0 Å². The van der Waals surface area contributed by atoms with E-state index >= 15 is 0 Å². The van der Waals surface area contributed by atoms with Crippen LogP contribution in [-0.2, 0) is 4.74 Å². The van der Waals surface area contributed by atoms with Gasteiger partial charge in [-0.25, -0.2) is 0 Å². The number of ketones is 1. The van der Waals surface area contributed by atoms with E-state index in [0.29, 0.717) is 47.4 Å². The number of nitrogens with two attached hydrogens (primary N) is 2. The second-order valence-corrected chi connectivity index (χ2v) is 5.74. The molecule has 0 saturated heterocycles. The van der Waals surface area contributed by atoms with E-state index in [9.17, 15) is 4.79 Å². The maximum absolute atomic E-state index is 12.2. The van der Waals surface area contributed by atoms with Crippen LogP contribution in [0.3, 0.4) is 0 Å². The van der Waals surface area contributed by atoms with Gasteiger partial charge in [0.1, 0.15) is 30.5 Å². The lowest BCUT2D eigenvalue weighted by Crippen LogP contribution is -2.11. The predicted molar refractivity (Wildman–Crippen MR) is 111 cm³/mol. The minimum absolute atomic E-state index is 0.0806. The molecule has 2 aromatic rings. The molecule has 0 aliphatic heterocycles. The summed E-state index contributed by atoms with van der Waals surface area (Å²) in [5.74, 6) is 1.53. The Balaban J connectivity index is 1.78. The summed E-state index contributed by atoms with van der Waals surface area (Å²) < 4.78 is 16.5. The van der Waals surface area contributed by atoms with Crippen LogP contribution in [0.5, 0.6) is 11.5 Å². The lowest BCUT2D eigenvalue weighted by atomic mass is 10.1. The van der Waals surface area contributed by atoms with Crippen molar-refractivity contribution in [3.63, 3.8) is 0 Å². The maximum atomic E-state index is 12.2. The summed E-state index contributed by atoms with van der Waals surface area (Å²) in [4.78, 5) is 12.2. The first-order valence-electron chi connectivity index (χ1n) is 8.65. The minimum atomic E-state index is -0.148. The Morgan fingerprint density at radius 1 is 1.00 bits per heavy atom. The molecule has 0 spiro atoms. The Kier molecular flexibility index (Phi) is 7.72. The van der Waals surface area contributed by atoms with Gasteiger partial charge in [-0.2, -0.15) is 0 Å². The number of anilines is 2. The van der Waals surface area contributed by atoms with Crippen molar-refractivity contribution in [1.82, 2.24) is 0 Å². The van der Waals surface area contributed by atoms with Gasteiger partial charge in [-0.05, 0) is 54.6 Å². The van der Waals surface area contributed by atoms with Gasteiger partial charge >= 0.3 is 0 Å². The highest BCUT2D eigenvalue weighted by molar-refractivity contribution is 5.97. The molecule has 0 radical (unpaired) electrons. The minimum Gasteiger partial charge on any atom is -0.490 e. The van der Waals surface area contributed by atoms with Crippen LogP contribution < -0.4 is 20.9 Å². The van der Waals surface area contributed by atoms with Gasteiger partial charge in [0.25, 0.3) is 0 Å². The van der Waals surface area contributed by atoms with Crippen LogP contribution in [0.4, 0.5) is 11.4 Å². The number of ether oxygens (including phenoxy) is 3. The van der Waals surface area contributed by atoms with Crippen LogP contribution >= 0.6 is 0 Å². The van der Waals surface area contributed by atoms with Gasteiger partial charge < -0.3 is 25.7 Å². The molecule has 4 N–H and O–H groups in total. The van der Waals surface area contributed by atoms with Crippen LogP contribution in [0.25, 0.3) is 0 Å². The van der Waals surface area contributed by atoms with Crippen molar-refractivity contribution in [3.05, 3.63) is 85.2 Å². The highest BCUT2D eigenvalue weighted by Gasteiger charge is 2.07. The number of carbonyl (C=O) groups is 1. The van der Waals surface area contributed by atoms with Crippen LogP contribution in [0.15, 0.2) is 79.6 Å². The number of Topliss-reactive ketones (excluding diaryl/α,β-unsaturated/α-hetero) is 1. The van der Waals surface area contributed by atoms with Crippen LogP contribution in [0.1, 0.15) is 10.4 Å².